The van der Waals surface area contributed by atoms with Crippen molar-refractivity contribution < 1.29 is 9.53 Å². The SMILES string of the molecule is CCCCCC(CCC)COc1ccc(Nc2nc(-c3cccc(NC(=O)c4ccc(C(C)(C)C)cc4)c3C)cn(C)c2=O)cc1. The van der Waals surface area contributed by atoms with E-state index in [0.29, 0.717) is 22.9 Å². The number of nitrogens with zero attached hydrogens (tertiary/aromatic N) is 2. The number of benzene rings is 3. The first-order valence-corrected chi connectivity index (χ1v) is 16.6. The van der Waals surface area contributed by atoms with Crippen LogP contribution in [-0.2, 0) is 12.5 Å². The number of aryl methyl sites for hydroxylation is 1. The van der Waals surface area contributed by atoms with E-state index in [-0.39, 0.29) is 22.7 Å². The van der Waals surface area contributed by atoms with Crippen LogP contribution in [0.3, 0.4) is 0 Å². The molecule has 46 heavy (non-hydrogen) atoms. The number of hydrogen-bond acceptors (Lipinski definition) is 5. The molecule has 1 aromatic heterocycles. The summed E-state index contributed by atoms with van der Waals surface area (Å²) in [5, 5.41) is 6.26. The Hall–Kier alpha value is -4.39. The number of ether oxygens (including phenoxy) is 1. The van der Waals surface area contributed by atoms with Crippen LogP contribution < -0.4 is 20.9 Å². The van der Waals surface area contributed by atoms with Gasteiger partial charge in [-0.1, -0.05) is 84.6 Å². The summed E-state index contributed by atoms with van der Waals surface area (Å²) in [7, 11) is 1.71. The van der Waals surface area contributed by atoms with Crippen molar-refractivity contribution in [2.45, 2.75) is 85.5 Å². The Balaban J connectivity index is 1.48. The molecule has 1 atom stereocenters. The summed E-state index contributed by atoms with van der Waals surface area (Å²) in [6.07, 6.45) is 9.00. The van der Waals surface area contributed by atoms with E-state index >= 15 is 0 Å². The second-order valence-electron chi connectivity index (χ2n) is 13.3. The van der Waals surface area contributed by atoms with Gasteiger partial charge in [0.1, 0.15) is 5.75 Å². The van der Waals surface area contributed by atoms with E-state index in [9.17, 15) is 9.59 Å². The second-order valence-corrected chi connectivity index (χ2v) is 13.3. The molecule has 244 valence electrons. The lowest BCUT2D eigenvalue weighted by Crippen LogP contribution is -2.21. The number of rotatable bonds is 14. The van der Waals surface area contributed by atoms with Gasteiger partial charge in [0, 0.05) is 35.7 Å². The van der Waals surface area contributed by atoms with Gasteiger partial charge in [-0.05, 0) is 84.7 Å². The third-order valence-corrected chi connectivity index (χ3v) is 8.46. The predicted molar refractivity (Wildman–Crippen MR) is 191 cm³/mol. The Morgan fingerprint density at radius 1 is 0.935 bits per heavy atom. The molecule has 4 rings (SSSR count). The predicted octanol–water partition coefficient (Wildman–Crippen LogP) is 9.42. The molecule has 1 heterocycles. The number of carbonyl (C=O) groups is 1. The van der Waals surface area contributed by atoms with Gasteiger partial charge in [0.05, 0.1) is 12.3 Å². The van der Waals surface area contributed by atoms with Gasteiger partial charge in [-0.25, -0.2) is 4.98 Å². The molecule has 1 unspecified atom stereocenters. The molecular formula is C39H50N4O3. The highest BCUT2D eigenvalue weighted by molar-refractivity contribution is 6.05. The van der Waals surface area contributed by atoms with Crippen LogP contribution in [0.25, 0.3) is 11.3 Å². The van der Waals surface area contributed by atoms with Crippen molar-refractivity contribution in [2.24, 2.45) is 13.0 Å². The minimum absolute atomic E-state index is 0.0135. The monoisotopic (exact) mass is 622 g/mol. The topological polar surface area (TPSA) is 85.2 Å². The molecule has 0 aliphatic rings. The molecule has 4 aromatic rings. The van der Waals surface area contributed by atoms with Crippen LogP contribution in [0.1, 0.15) is 94.6 Å². The molecular weight excluding hydrogens is 572 g/mol. The zero-order valence-electron chi connectivity index (χ0n) is 28.6. The highest BCUT2D eigenvalue weighted by Gasteiger charge is 2.17. The van der Waals surface area contributed by atoms with Crippen molar-refractivity contribution in [3.8, 4) is 17.0 Å². The molecule has 0 radical (unpaired) electrons. The summed E-state index contributed by atoms with van der Waals surface area (Å²) in [6, 6.07) is 21.1. The van der Waals surface area contributed by atoms with Gasteiger partial charge in [-0.15, -0.1) is 0 Å². The first-order valence-electron chi connectivity index (χ1n) is 16.6. The van der Waals surface area contributed by atoms with E-state index in [2.05, 4.69) is 45.3 Å². The molecule has 0 aliphatic carbocycles. The average Bonchev–Trinajstić information content (AvgIpc) is 3.03. The van der Waals surface area contributed by atoms with Gasteiger partial charge in [0.2, 0.25) is 0 Å². The van der Waals surface area contributed by atoms with Gasteiger partial charge in [0.15, 0.2) is 5.82 Å². The van der Waals surface area contributed by atoms with Gasteiger partial charge in [0.25, 0.3) is 11.5 Å². The molecule has 0 spiro atoms. The first-order chi connectivity index (χ1) is 22.0. The molecule has 2 N–H and O–H groups in total. The Morgan fingerprint density at radius 3 is 2.30 bits per heavy atom. The number of amides is 1. The number of unbranched alkanes of at least 4 members (excludes halogenated alkanes) is 2. The van der Waals surface area contributed by atoms with Crippen LogP contribution in [0.15, 0.2) is 77.7 Å². The van der Waals surface area contributed by atoms with E-state index in [1.54, 1.807) is 13.2 Å². The van der Waals surface area contributed by atoms with Crippen molar-refractivity contribution in [1.29, 1.82) is 0 Å². The highest BCUT2D eigenvalue weighted by atomic mass is 16.5. The fourth-order valence-corrected chi connectivity index (χ4v) is 5.57. The fourth-order valence-electron chi connectivity index (χ4n) is 5.57. The largest absolute Gasteiger partial charge is 0.493 e. The van der Waals surface area contributed by atoms with E-state index in [0.717, 1.165) is 35.6 Å². The van der Waals surface area contributed by atoms with E-state index in [4.69, 9.17) is 9.72 Å². The molecule has 0 saturated heterocycles. The van der Waals surface area contributed by atoms with E-state index in [1.165, 1.54) is 42.2 Å². The molecule has 3 aromatic carbocycles. The summed E-state index contributed by atoms with van der Waals surface area (Å²) in [6.45, 7) is 13.6. The maximum absolute atomic E-state index is 13.1. The number of nitrogens with one attached hydrogen (secondary N) is 2. The normalized spacial score (nSPS) is 12.1. The van der Waals surface area contributed by atoms with Crippen molar-refractivity contribution in [1.82, 2.24) is 9.55 Å². The van der Waals surface area contributed by atoms with Crippen LogP contribution in [0.5, 0.6) is 5.75 Å². The van der Waals surface area contributed by atoms with Crippen LogP contribution in [0, 0.1) is 12.8 Å². The summed E-state index contributed by atoms with van der Waals surface area (Å²) in [5.41, 5.74) is 5.28. The second kappa shape index (κ2) is 15.7. The lowest BCUT2D eigenvalue weighted by molar-refractivity contribution is 0.102. The molecule has 1 amide bonds. The van der Waals surface area contributed by atoms with Crippen LogP contribution in [0.4, 0.5) is 17.2 Å². The fraction of sp³-hybridized carbons (Fsp3) is 0.410. The molecule has 0 aliphatic heterocycles. The highest BCUT2D eigenvalue weighted by Crippen LogP contribution is 2.29. The van der Waals surface area contributed by atoms with Crippen LogP contribution >= 0.6 is 0 Å². The summed E-state index contributed by atoms with van der Waals surface area (Å²) in [5.74, 6) is 1.43. The average molecular weight is 623 g/mol. The minimum atomic E-state index is -0.237. The zero-order chi connectivity index (χ0) is 33.3. The first kappa shape index (κ1) is 34.5. The maximum atomic E-state index is 13.1. The van der Waals surface area contributed by atoms with Crippen molar-refractivity contribution in [3.63, 3.8) is 0 Å². The summed E-state index contributed by atoms with van der Waals surface area (Å²) < 4.78 is 7.66. The number of carbonyl (C=O) groups excluding carboxylic acids is 1. The Kier molecular flexibility index (Phi) is 11.8. The lowest BCUT2D eigenvalue weighted by atomic mass is 9.86. The quantitative estimate of drug-likeness (QED) is 0.137. The number of anilines is 3. The molecule has 7 nitrogen and oxygen atoms in total. The molecule has 0 saturated carbocycles. The van der Waals surface area contributed by atoms with E-state index in [1.807, 2.05) is 73.7 Å². The van der Waals surface area contributed by atoms with Gasteiger partial charge >= 0.3 is 0 Å². The molecule has 0 bridgehead atoms. The van der Waals surface area contributed by atoms with Crippen LogP contribution in [0.2, 0.25) is 0 Å². The Labute approximate surface area is 274 Å². The summed E-state index contributed by atoms with van der Waals surface area (Å²) >= 11 is 0. The minimum Gasteiger partial charge on any atom is -0.493 e. The smallest absolute Gasteiger partial charge is 0.293 e. The van der Waals surface area contributed by atoms with Crippen molar-refractivity contribution >= 4 is 23.1 Å². The van der Waals surface area contributed by atoms with Crippen molar-refractivity contribution in [2.75, 3.05) is 17.2 Å². The number of hydrogen-bond donors (Lipinski definition) is 2. The van der Waals surface area contributed by atoms with Gasteiger partial charge < -0.3 is 19.9 Å². The Bertz CT molecular complexity index is 1650. The summed E-state index contributed by atoms with van der Waals surface area (Å²) in [4.78, 5) is 30.9. The lowest BCUT2D eigenvalue weighted by Gasteiger charge is -2.19. The zero-order valence-corrected chi connectivity index (χ0v) is 28.6. The third kappa shape index (κ3) is 9.09. The van der Waals surface area contributed by atoms with Crippen LogP contribution in [-0.4, -0.2) is 22.1 Å². The third-order valence-electron chi connectivity index (χ3n) is 8.46. The standard InChI is InChI=1S/C39H50N4O3/c1-8-10-11-14-28(13-9-2)26-46-32-23-21-31(22-24-32)40-36-38(45)43(7)25-35(41-36)33-15-12-16-34(27(33)3)42-37(44)29-17-19-30(20-18-29)39(4,5)6/h12,15-25,28H,8-11,13-14,26H2,1-7H3,(H,40,41)(H,42,44). The van der Waals surface area contributed by atoms with E-state index < -0.39 is 0 Å². The Morgan fingerprint density at radius 2 is 1.65 bits per heavy atom. The van der Waals surface area contributed by atoms with Crippen molar-refractivity contribution in [3.05, 3.63) is 100.0 Å². The molecule has 7 heteroatoms. The van der Waals surface area contributed by atoms with Gasteiger partial charge in [-0.3, -0.25) is 9.59 Å². The maximum Gasteiger partial charge on any atom is 0.293 e. The molecule has 0 fully saturated rings. The number of aromatic nitrogens is 2. The van der Waals surface area contributed by atoms with Gasteiger partial charge in [-0.2, -0.15) is 0 Å².